The fourth-order valence-electron chi connectivity index (χ4n) is 2.02. The molecule has 1 heterocycles. The molecule has 0 aromatic rings. The predicted octanol–water partition coefficient (Wildman–Crippen LogP) is 0.763. The number of hydrogen-bond donors (Lipinski definition) is 2. The van der Waals surface area contributed by atoms with Crippen molar-refractivity contribution in [2.45, 2.75) is 58.3 Å². The first-order valence-electron chi connectivity index (χ1n) is 7.14. The van der Waals surface area contributed by atoms with Crippen LogP contribution in [0.5, 0.6) is 0 Å². The lowest BCUT2D eigenvalue weighted by Gasteiger charge is -2.24. The van der Waals surface area contributed by atoms with E-state index < -0.39 is 6.10 Å². The van der Waals surface area contributed by atoms with Gasteiger partial charge in [0.15, 0.2) is 0 Å². The predicted molar refractivity (Wildman–Crippen MR) is 75.0 cm³/mol. The normalized spacial score (nSPS) is 19.5. The molecule has 1 fully saturated rings. The van der Waals surface area contributed by atoms with Crippen LogP contribution in [0.4, 0.5) is 0 Å². The molecule has 0 saturated carbocycles. The second-order valence-electron chi connectivity index (χ2n) is 6.24. The van der Waals surface area contributed by atoms with Gasteiger partial charge in [0, 0.05) is 19.6 Å². The Morgan fingerprint density at radius 2 is 1.95 bits per heavy atom. The number of rotatable bonds is 6. The smallest absolute Gasteiger partial charge is 0.239 e. The van der Waals surface area contributed by atoms with E-state index in [9.17, 15) is 9.90 Å². The molecule has 1 aliphatic heterocycles. The zero-order valence-corrected chi connectivity index (χ0v) is 12.6. The summed E-state index contributed by atoms with van der Waals surface area (Å²) in [6.07, 6.45) is 1.61. The van der Waals surface area contributed by atoms with Gasteiger partial charge in [-0.2, -0.15) is 0 Å². The van der Waals surface area contributed by atoms with Crippen molar-refractivity contribution in [1.29, 1.82) is 0 Å². The van der Waals surface area contributed by atoms with Gasteiger partial charge in [-0.1, -0.05) is 0 Å². The lowest BCUT2D eigenvalue weighted by molar-refractivity contribution is -0.132. The van der Waals surface area contributed by atoms with Crippen LogP contribution >= 0.6 is 0 Å². The number of nitrogens with one attached hydrogen (secondary N) is 1. The Bertz CT molecular complexity index is 283. The molecule has 19 heavy (non-hydrogen) atoms. The fraction of sp³-hybridized carbons (Fsp3) is 0.929. The number of carbonyl (C=O) groups excluding carboxylic acids is 1. The first kappa shape index (κ1) is 16.4. The van der Waals surface area contributed by atoms with Crippen LogP contribution in [-0.4, -0.2) is 59.9 Å². The van der Waals surface area contributed by atoms with Crippen LogP contribution in [0.3, 0.4) is 0 Å². The Hall–Kier alpha value is -0.650. The molecule has 1 amide bonds. The molecule has 0 aromatic heterocycles. The Morgan fingerprint density at radius 3 is 2.47 bits per heavy atom. The highest BCUT2D eigenvalue weighted by Crippen LogP contribution is 2.09. The summed E-state index contributed by atoms with van der Waals surface area (Å²) >= 11 is 0. The van der Waals surface area contributed by atoms with Gasteiger partial charge in [-0.05, 0) is 40.5 Å². The average molecular weight is 272 g/mol. The minimum absolute atomic E-state index is 0.126. The summed E-state index contributed by atoms with van der Waals surface area (Å²) in [5.74, 6) is 0.126. The van der Waals surface area contributed by atoms with E-state index in [0.717, 1.165) is 25.9 Å². The van der Waals surface area contributed by atoms with E-state index in [1.54, 1.807) is 0 Å². The standard InChI is InChI=1S/C14H28N2O3/c1-11(13(18)16-7-5-6-8-16)15-9-12(17)10-19-14(2,3)4/h11-12,15,17H,5-10H2,1-4H3. The van der Waals surface area contributed by atoms with Crippen molar-refractivity contribution in [2.24, 2.45) is 0 Å². The molecule has 2 atom stereocenters. The lowest BCUT2D eigenvalue weighted by Crippen LogP contribution is -2.46. The van der Waals surface area contributed by atoms with Gasteiger partial charge in [0.05, 0.1) is 24.4 Å². The highest BCUT2D eigenvalue weighted by Gasteiger charge is 2.23. The topological polar surface area (TPSA) is 61.8 Å². The average Bonchev–Trinajstić information content (AvgIpc) is 2.85. The van der Waals surface area contributed by atoms with Gasteiger partial charge in [-0.3, -0.25) is 4.79 Å². The molecule has 0 bridgehead atoms. The van der Waals surface area contributed by atoms with Crippen LogP contribution in [-0.2, 0) is 9.53 Å². The largest absolute Gasteiger partial charge is 0.389 e. The number of carbonyl (C=O) groups is 1. The third kappa shape index (κ3) is 6.36. The van der Waals surface area contributed by atoms with Crippen LogP contribution in [0.15, 0.2) is 0 Å². The summed E-state index contributed by atoms with van der Waals surface area (Å²) in [5.41, 5.74) is -0.252. The van der Waals surface area contributed by atoms with Crippen molar-refractivity contribution in [3.05, 3.63) is 0 Å². The molecule has 1 aliphatic rings. The van der Waals surface area contributed by atoms with E-state index in [2.05, 4.69) is 5.32 Å². The zero-order chi connectivity index (χ0) is 14.5. The second kappa shape index (κ2) is 7.22. The maximum absolute atomic E-state index is 12.0. The van der Waals surface area contributed by atoms with E-state index >= 15 is 0 Å². The molecule has 0 radical (unpaired) electrons. The highest BCUT2D eigenvalue weighted by atomic mass is 16.5. The number of aliphatic hydroxyl groups excluding tert-OH is 1. The van der Waals surface area contributed by atoms with Crippen LogP contribution < -0.4 is 5.32 Å². The van der Waals surface area contributed by atoms with Gasteiger partial charge in [0.1, 0.15) is 0 Å². The van der Waals surface area contributed by atoms with Crippen LogP contribution in [0.2, 0.25) is 0 Å². The summed E-state index contributed by atoms with van der Waals surface area (Å²) in [4.78, 5) is 13.9. The highest BCUT2D eigenvalue weighted by molar-refractivity contribution is 5.81. The van der Waals surface area contributed by atoms with Crippen molar-refractivity contribution in [3.63, 3.8) is 0 Å². The molecule has 112 valence electrons. The number of ether oxygens (including phenoxy) is 1. The first-order chi connectivity index (χ1) is 8.79. The monoisotopic (exact) mass is 272 g/mol. The van der Waals surface area contributed by atoms with E-state index in [0.29, 0.717) is 6.54 Å². The maximum atomic E-state index is 12.0. The molecule has 2 N–H and O–H groups in total. The molecular weight excluding hydrogens is 244 g/mol. The quantitative estimate of drug-likeness (QED) is 0.749. The SMILES string of the molecule is CC(NCC(O)COC(C)(C)C)C(=O)N1CCCC1. The Labute approximate surface area is 116 Å². The third-order valence-corrected chi connectivity index (χ3v) is 3.16. The molecule has 1 saturated heterocycles. The van der Waals surface area contributed by atoms with Crippen molar-refractivity contribution < 1.29 is 14.6 Å². The van der Waals surface area contributed by atoms with Crippen LogP contribution in [0, 0.1) is 0 Å². The molecule has 1 rings (SSSR count). The number of likely N-dealkylation sites (tertiary alicyclic amines) is 1. The van der Waals surface area contributed by atoms with Crippen molar-refractivity contribution in [3.8, 4) is 0 Å². The van der Waals surface area contributed by atoms with Crippen molar-refractivity contribution >= 4 is 5.91 Å². The summed E-state index contributed by atoms with van der Waals surface area (Å²) in [6, 6.07) is -0.248. The lowest BCUT2D eigenvalue weighted by atomic mass is 10.2. The molecule has 2 unspecified atom stereocenters. The Balaban J connectivity index is 2.21. The molecule has 5 heteroatoms. The molecule has 0 spiro atoms. The maximum Gasteiger partial charge on any atom is 0.239 e. The summed E-state index contributed by atoms with van der Waals surface area (Å²) in [5, 5.41) is 12.9. The van der Waals surface area contributed by atoms with Crippen molar-refractivity contribution in [1.82, 2.24) is 10.2 Å². The summed E-state index contributed by atoms with van der Waals surface area (Å²) in [7, 11) is 0. The van der Waals surface area contributed by atoms with Gasteiger partial charge in [-0.25, -0.2) is 0 Å². The van der Waals surface area contributed by atoms with E-state index in [1.807, 2.05) is 32.6 Å². The molecule has 0 aliphatic carbocycles. The molecular formula is C14H28N2O3. The molecule has 5 nitrogen and oxygen atoms in total. The second-order valence-corrected chi connectivity index (χ2v) is 6.24. The van der Waals surface area contributed by atoms with Gasteiger partial charge in [-0.15, -0.1) is 0 Å². The van der Waals surface area contributed by atoms with Gasteiger partial charge in [0.2, 0.25) is 5.91 Å². The number of hydrogen-bond acceptors (Lipinski definition) is 4. The van der Waals surface area contributed by atoms with Crippen LogP contribution in [0.25, 0.3) is 0 Å². The van der Waals surface area contributed by atoms with Crippen LogP contribution in [0.1, 0.15) is 40.5 Å². The Kier molecular flexibility index (Phi) is 6.23. The van der Waals surface area contributed by atoms with Crippen molar-refractivity contribution in [2.75, 3.05) is 26.2 Å². The van der Waals surface area contributed by atoms with E-state index in [-0.39, 0.29) is 24.2 Å². The summed E-state index contributed by atoms with van der Waals surface area (Å²) in [6.45, 7) is 10.1. The van der Waals surface area contributed by atoms with E-state index in [1.165, 1.54) is 0 Å². The Morgan fingerprint density at radius 1 is 1.37 bits per heavy atom. The van der Waals surface area contributed by atoms with Gasteiger partial charge < -0.3 is 20.1 Å². The fourth-order valence-corrected chi connectivity index (χ4v) is 2.02. The summed E-state index contributed by atoms with van der Waals surface area (Å²) < 4.78 is 5.50. The minimum Gasteiger partial charge on any atom is -0.389 e. The van der Waals surface area contributed by atoms with Gasteiger partial charge in [0.25, 0.3) is 0 Å². The minimum atomic E-state index is -0.590. The zero-order valence-electron chi connectivity index (χ0n) is 12.6. The first-order valence-corrected chi connectivity index (χ1v) is 7.14. The van der Waals surface area contributed by atoms with Gasteiger partial charge >= 0.3 is 0 Å². The number of amides is 1. The number of nitrogens with zero attached hydrogens (tertiary/aromatic N) is 1. The van der Waals surface area contributed by atoms with E-state index in [4.69, 9.17) is 4.74 Å². The third-order valence-electron chi connectivity index (χ3n) is 3.16. The number of aliphatic hydroxyl groups is 1. The molecule has 0 aromatic carbocycles.